The predicted molar refractivity (Wildman–Crippen MR) is 65.6 cm³/mol. The summed E-state index contributed by atoms with van der Waals surface area (Å²) in [7, 11) is 0. The van der Waals surface area contributed by atoms with Gasteiger partial charge in [0.25, 0.3) is 0 Å². The van der Waals surface area contributed by atoms with Crippen molar-refractivity contribution in [2.24, 2.45) is 0 Å². The summed E-state index contributed by atoms with van der Waals surface area (Å²) in [5.74, 6) is 0.553. The van der Waals surface area contributed by atoms with Gasteiger partial charge in [-0.3, -0.25) is 0 Å². The molecule has 1 unspecified atom stereocenters. The normalized spacial score (nSPS) is 13.5. The lowest BCUT2D eigenvalue weighted by atomic mass is 9.97. The molecular weight excluding hydrogens is 255 g/mol. The maximum absolute atomic E-state index is 12.4. The summed E-state index contributed by atoms with van der Waals surface area (Å²) in [6.07, 6.45) is -3.46. The molecule has 0 radical (unpaired) electrons. The van der Waals surface area contributed by atoms with Crippen LogP contribution >= 0.6 is 0 Å². The number of nitrogens with zero attached hydrogens (tertiary/aromatic N) is 1. The van der Waals surface area contributed by atoms with E-state index in [2.05, 4.69) is 19.0 Å². The van der Waals surface area contributed by atoms with Crippen molar-refractivity contribution in [3.05, 3.63) is 41.6 Å². The molecule has 0 aliphatic carbocycles. The monoisotopic (exact) mass is 269 g/mol. The summed E-state index contributed by atoms with van der Waals surface area (Å²) < 4.78 is 42.0. The van der Waals surface area contributed by atoms with Crippen LogP contribution < -0.4 is 0 Å². The first kappa shape index (κ1) is 13.6. The molecule has 0 aliphatic heterocycles. The highest BCUT2D eigenvalue weighted by molar-refractivity contribution is 5.58. The van der Waals surface area contributed by atoms with Gasteiger partial charge >= 0.3 is 6.18 Å². The first-order chi connectivity index (χ1) is 8.91. The average molecular weight is 269 g/mol. The zero-order valence-electron chi connectivity index (χ0n) is 10.7. The maximum Gasteiger partial charge on any atom is 0.436 e. The molecular formula is C14H14F3NO. The molecule has 0 fully saturated rings. The standard InChI is InChI=1S/C14H14F3NO/c1-3-9(2)10-4-6-11(7-5-10)12-8-13(18-19-12)14(15,16)17/h4-9H,3H2,1-2H3. The molecule has 0 spiro atoms. The van der Waals surface area contributed by atoms with E-state index in [1.165, 1.54) is 0 Å². The van der Waals surface area contributed by atoms with Crippen molar-refractivity contribution in [1.82, 2.24) is 5.16 Å². The van der Waals surface area contributed by atoms with Crippen molar-refractivity contribution < 1.29 is 17.7 Å². The second-order valence-electron chi connectivity index (χ2n) is 4.51. The fourth-order valence-electron chi connectivity index (χ4n) is 1.76. The third-order valence-corrected chi connectivity index (χ3v) is 3.18. The number of hydrogen-bond donors (Lipinski definition) is 0. The van der Waals surface area contributed by atoms with Gasteiger partial charge in [-0.15, -0.1) is 0 Å². The summed E-state index contributed by atoms with van der Waals surface area (Å²) in [6.45, 7) is 4.19. The van der Waals surface area contributed by atoms with E-state index in [4.69, 9.17) is 4.52 Å². The smallest absolute Gasteiger partial charge is 0.356 e. The van der Waals surface area contributed by atoms with Gasteiger partial charge in [-0.1, -0.05) is 43.3 Å². The summed E-state index contributed by atoms with van der Waals surface area (Å²) in [6, 6.07) is 8.22. The SMILES string of the molecule is CCC(C)c1ccc(-c2cc(C(F)(F)F)no2)cc1. The Hall–Kier alpha value is -1.78. The lowest BCUT2D eigenvalue weighted by Crippen LogP contribution is -2.04. The number of halogens is 3. The van der Waals surface area contributed by atoms with Crippen LogP contribution in [0.4, 0.5) is 13.2 Å². The Balaban J connectivity index is 2.25. The molecule has 0 bridgehead atoms. The molecule has 1 atom stereocenters. The molecule has 1 aromatic carbocycles. The molecule has 0 saturated carbocycles. The van der Waals surface area contributed by atoms with E-state index in [1.807, 2.05) is 12.1 Å². The summed E-state index contributed by atoms with van der Waals surface area (Å²) in [5.41, 5.74) is 0.741. The van der Waals surface area contributed by atoms with Crippen LogP contribution in [0.25, 0.3) is 11.3 Å². The Bertz CT molecular complexity index is 543. The van der Waals surface area contributed by atoms with Crippen LogP contribution in [-0.4, -0.2) is 5.16 Å². The van der Waals surface area contributed by atoms with E-state index >= 15 is 0 Å². The van der Waals surface area contributed by atoms with E-state index in [9.17, 15) is 13.2 Å². The molecule has 102 valence electrons. The quantitative estimate of drug-likeness (QED) is 0.794. The predicted octanol–water partition coefficient (Wildman–Crippen LogP) is 4.87. The van der Waals surface area contributed by atoms with Crippen molar-refractivity contribution in [3.8, 4) is 11.3 Å². The van der Waals surface area contributed by atoms with Crippen LogP contribution in [0.15, 0.2) is 34.9 Å². The van der Waals surface area contributed by atoms with Crippen LogP contribution in [-0.2, 0) is 6.18 Å². The molecule has 0 amide bonds. The van der Waals surface area contributed by atoms with E-state index in [0.717, 1.165) is 18.1 Å². The third-order valence-electron chi connectivity index (χ3n) is 3.18. The van der Waals surface area contributed by atoms with Gasteiger partial charge in [0.15, 0.2) is 11.5 Å². The van der Waals surface area contributed by atoms with Crippen LogP contribution in [0.3, 0.4) is 0 Å². The van der Waals surface area contributed by atoms with E-state index in [1.54, 1.807) is 12.1 Å². The van der Waals surface area contributed by atoms with Crippen molar-refractivity contribution in [2.75, 3.05) is 0 Å². The summed E-state index contributed by atoms with van der Waals surface area (Å²) >= 11 is 0. The van der Waals surface area contributed by atoms with Crippen molar-refractivity contribution >= 4 is 0 Å². The summed E-state index contributed by atoms with van der Waals surface area (Å²) in [4.78, 5) is 0. The third kappa shape index (κ3) is 2.97. The highest BCUT2D eigenvalue weighted by atomic mass is 19.4. The molecule has 1 aromatic heterocycles. The number of rotatable bonds is 3. The molecule has 0 saturated heterocycles. The topological polar surface area (TPSA) is 26.0 Å². The largest absolute Gasteiger partial charge is 0.436 e. The number of benzene rings is 1. The van der Waals surface area contributed by atoms with Crippen LogP contribution in [0.5, 0.6) is 0 Å². The minimum Gasteiger partial charge on any atom is -0.356 e. The minimum atomic E-state index is -4.47. The average Bonchev–Trinajstić information content (AvgIpc) is 2.87. The Labute approximate surface area is 109 Å². The van der Waals surface area contributed by atoms with Crippen LogP contribution in [0.1, 0.15) is 37.4 Å². The van der Waals surface area contributed by atoms with Crippen molar-refractivity contribution in [1.29, 1.82) is 0 Å². The summed E-state index contributed by atoms with van der Waals surface area (Å²) in [5, 5.41) is 3.04. The number of alkyl halides is 3. The van der Waals surface area contributed by atoms with Gasteiger partial charge in [0, 0.05) is 11.6 Å². The molecule has 5 heteroatoms. The Kier molecular flexibility index (Phi) is 3.64. The molecule has 2 nitrogen and oxygen atoms in total. The number of aromatic nitrogens is 1. The molecule has 19 heavy (non-hydrogen) atoms. The van der Waals surface area contributed by atoms with Gasteiger partial charge in [-0.25, -0.2) is 0 Å². The maximum atomic E-state index is 12.4. The molecule has 0 aliphatic rings. The molecule has 2 aromatic rings. The Morgan fingerprint density at radius 3 is 2.32 bits per heavy atom. The highest BCUT2D eigenvalue weighted by Gasteiger charge is 2.35. The van der Waals surface area contributed by atoms with E-state index in [0.29, 0.717) is 11.5 Å². The van der Waals surface area contributed by atoms with E-state index in [-0.39, 0.29) is 5.76 Å². The second kappa shape index (κ2) is 5.07. The van der Waals surface area contributed by atoms with Crippen LogP contribution in [0, 0.1) is 0 Å². The first-order valence-electron chi connectivity index (χ1n) is 6.06. The fourth-order valence-corrected chi connectivity index (χ4v) is 1.76. The zero-order chi connectivity index (χ0) is 14.0. The lowest BCUT2D eigenvalue weighted by Gasteiger charge is -2.08. The van der Waals surface area contributed by atoms with Gasteiger partial charge < -0.3 is 4.52 Å². The highest BCUT2D eigenvalue weighted by Crippen LogP contribution is 2.32. The molecule has 1 heterocycles. The van der Waals surface area contributed by atoms with Gasteiger partial charge in [-0.05, 0) is 17.9 Å². The second-order valence-corrected chi connectivity index (χ2v) is 4.51. The van der Waals surface area contributed by atoms with Crippen molar-refractivity contribution in [3.63, 3.8) is 0 Å². The van der Waals surface area contributed by atoms with Crippen molar-refractivity contribution in [2.45, 2.75) is 32.4 Å². The lowest BCUT2D eigenvalue weighted by molar-refractivity contribution is -0.142. The molecule has 2 rings (SSSR count). The Morgan fingerprint density at radius 2 is 1.84 bits per heavy atom. The Morgan fingerprint density at radius 1 is 1.21 bits per heavy atom. The molecule has 0 N–H and O–H groups in total. The fraction of sp³-hybridized carbons (Fsp3) is 0.357. The van der Waals surface area contributed by atoms with Gasteiger partial charge in [0.1, 0.15) is 0 Å². The zero-order valence-corrected chi connectivity index (χ0v) is 10.7. The first-order valence-corrected chi connectivity index (χ1v) is 6.06. The number of hydrogen-bond acceptors (Lipinski definition) is 2. The van der Waals surface area contributed by atoms with E-state index < -0.39 is 11.9 Å². The van der Waals surface area contributed by atoms with Gasteiger partial charge in [0.2, 0.25) is 0 Å². The van der Waals surface area contributed by atoms with Gasteiger partial charge in [-0.2, -0.15) is 13.2 Å². The minimum absolute atomic E-state index is 0.128. The van der Waals surface area contributed by atoms with Crippen LogP contribution in [0.2, 0.25) is 0 Å². The van der Waals surface area contributed by atoms with Gasteiger partial charge in [0.05, 0.1) is 0 Å².